The second-order valence-electron chi connectivity index (χ2n) is 15.3. The molecule has 5 atom stereocenters. The monoisotopic (exact) mass is 766 g/mol. The number of hydrogen-bond donors (Lipinski definition) is 3. The van der Waals surface area contributed by atoms with Crippen LogP contribution in [0.2, 0.25) is 23.7 Å². The summed E-state index contributed by atoms with van der Waals surface area (Å²) in [4.78, 5) is 45.8. The first kappa shape index (κ1) is 37.6. The maximum atomic E-state index is 15.2. The minimum Gasteiger partial charge on any atom is -0.497 e. The highest BCUT2D eigenvalue weighted by atomic mass is 35.5. The quantitative estimate of drug-likeness (QED) is 0.127. The van der Waals surface area contributed by atoms with Crippen LogP contribution in [0.15, 0.2) is 91.0 Å². The van der Waals surface area contributed by atoms with Gasteiger partial charge < -0.3 is 35.4 Å². The van der Waals surface area contributed by atoms with Gasteiger partial charge in [-0.15, -0.1) is 0 Å². The van der Waals surface area contributed by atoms with E-state index in [9.17, 15) is 14.7 Å². The van der Waals surface area contributed by atoms with Crippen LogP contribution in [-0.4, -0.2) is 68.2 Å². The van der Waals surface area contributed by atoms with Gasteiger partial charge in [-0.05, 0) is 90.7 Å². The fraction of sp³-hybridized carbons (Fsp3) is 0.357. The van der Waals surface area contributed by atoms with E-state index in [-0.39, 0.29) is 54.8 Å². The van der Waals surface area contributed by atoms with E-state index in [0.29, 0.717) is 39.8 Å². The zero-order valence-electron chi connectivity index (χ0n) is 31.1. The second kappa shape index (κ2) is 14.9. The van der Waals surface area contributed by atoms with Crippen LogP contribution < -0.4 is 25.9 Å². The van der Waals surface area contributed by atoms with Crippen LogP contribution in [0.25, 0.3) is 0 Å². The van der Waals surface area contributed by atoms with Crippen molar-refractivity contribution in [2.75, 3.05) is 36.2 Å². The van der Waals surface area contributed by atoms with E-state index in [1.54, 1.807) is 47.2 Å². The minimum atomic E-state index is -2.50. The van der Waals surface area contributed by atoms with Gasteiger partial charge in [0, 0.05) is 40.0 Å². The topological polar surface area (TPSA) is 134 Å². The summed E-state index contributed by atoms with van der Waals surface area (Å²) < 4.78 is 12.6. The molecule has 0 aliphatic carbocycles. The van der Waals surface area contributed by atoms with E-state index in [2.05, 4.69) is 37.5 Å². The van der Waals surface area contributed by atoms with Crippen LogP contribution in [-0.2, 0) is 26.5 Å². The summed E-state index contributed by atoms with van der Waals surface area (Å²) >= 11 is 6.69. The Labute approximate surface area is 322 Å². The first-order valence-electron chi connectivity index (χ1n) is 18.5. The molecule has 4 N–H and O–H groups in total. The molecule has 3 heterocycles. The van der Waals surface area contributed by atoms with Crippen molar-refractivity contribution < 1.29 is 29.0 Å². The van der Waals surface area contributed by atoms with Crippen molar-refractivity contribution in [2.45, 2.75) is 69.1 Å². The first-order chi connectivity index (χ1) is 25.9. The van der Waals surface area contributed by atoms with Crippen molar-refractivity contribution in [1.29, 1.82) is 0 Å². The van der Waals surface area contributed by atoms with E-state index in [0.717, 1.165) is 24.2 Å². The summed E-state index contributed by atoms with van der Waals surface area (Å²) in [5, 5.41) is 14.7. The number of benzene rings is 4. The number of rotatable bonds is 10. The number of methoxy groups -OCH3 is 1. The highest BCUT2D eigenvalue weighted by molar-refractivity contribution is 6.91. The van der Waals surface area contributed by atoms with Crippen LogP contribution in [0.3, 0.4) is 0 Å². The molecule has 0 saturated carbocycles. The Kier molecular flexibility index (Phi) is 10.4. The average molecular weight is 767 g/mol. The molecule has 0 unspecified atom stereocenters. The molecule has 0 aromatic heterocycles. The number of aliphatic hydroxyl groups excluding tert-OH is 1. The molecule has 7 rings (SSSR count). The minimum absolute atomic E-state index is 0.0724. The molecule has 282 valence electrons. The second-order valence-corrected chi connectivity index (χ2v) is 20.4. The number of nitrogen functional groups attached to an aromatic ring is 1. The number of aliphatic hydroxyl groups is 1. The fourth-order valence-corrected chi connectivity index (χ4v) is 13.2. The highest BCUT2D eigenvalue weighted by Crippen LogP contribution is 2.60. The van der Waals surface area contributed by atoms with Gasteiger partial charge in [-0.1, -0.05) is 61.1 Å². The molecule has 10 nitrogen and oxygen atoms in total. The summed E-state index contributed by atoms with van der Waals surface area (Å²) in [5.41, 5.74) is 8.09. The van der Waals surface area contributed by atoms with Gasteiger partial charge in [0.05, 0.1) is 52.6 Å². The number of nitrogens with one attached hydrogen (secondary N) is 1. The van der Waals surface area contributed by atoms with Crippen molar-refractivity contribution in [3.63, 3.8) is 0 Å². The Morgan fingerprint density at radius 2 is 1.80 bits per heavy atom. The van der Waals surface area contributed by atoms with Gasteiger partial charge in [0.15, 0.2) is 5.60 Å². The highest BCUT2D eigenvalue weighted by Gasteiger charge is 2.66. The summed E-state index contributed by atoms with van der Waals surface area (Å²) in [7, 11) is -0.859. The van der Waals surface area contributed by atoms with Gasteiger partial charge in [0.1, 0.15) is 5.75 Å². The van der Waals surface area contributed by atoms with Gasteiger partial charge >= 0.3 is 0 Å². The molecule has 0 bridgehead atoms. The summed E-state index contributed by atoms with van der Waals surface area (Å²) in [6.07, 6.45) is 1.12. The number of halogens is 1. The maximum Gasteiger partial charge on any atom is 0.264 e. The molecule has 54 heavy (non-hydrogen) atoms. The van der Waals surface area contributed by atoms with Crippen LogP contribution in [0, 0.1) is 5.92 Å². The Hall–Kier alpha value is -4.68. The predicted octanol–water partition coefficient (Wildman–Crippen LogP) is 6.32. The fourth-order valence-electron chi connectivity index (χ4n) is 9.05. The number of likely N-dealkylation sites (tertiary alicyclic amines) is 1. The molecule has 2 saturated heterocycles. The molecule has 12 heteroatoms. The zero-order valence-corrected chi connectivity index (χ0v) is 32.8. The number of amides is 3. The molecule has 3 aliphatic rings. The van der Waals surface area contributed by atoms with Crippen molar-refractivity contribution in [3.8, 4) is 5.75 Å². The number of ether oxygens (including phenoxy) is 2. The van der Waals surface area contributed by atoms with Crippen LogP contribution in [0.4, 0.5) is 17.1 Å². The van der Waals surface area contributed by atoms with Crippen LogP contribution >= 0.6 is 11.6 Å². The smallest absolute Gasteiger partial charge is 0.264 e. The molecule has 4 aromatic rings. The lowest BCUT2D eigenvalue weighted by Gasteiger charge is -2.37. The third-order valence-electron chi connectivity index (χ3n) is 11.8. The lowest BCUT2D eigenvalue weighted by atomic mass is 9.82. The van der Waals surface area contributed by atoms with E-state index < -0.39 is 19.8 Å². The number of anilines is 3. The van der Waals surface area contributed by atoms with E-state index in [1.165, 1.54) is 5.19 Å². The SMILES string of the molecule is COc1ccc([Si](C)(C)[C@H]2[C@H](CC(=O)N3CCC[C@H]3CO)O[C@@]3(C(=O)N(Cc4cccc(NC(=O)c5ccc(N)cc5)c4)c4ccc(Cl)cc43)[C@@H]2C)cc1. The lowest BCUT2D eigenvalue weighted by molar-refractivity contribution is -0.150. The Bertz CT molecular complexity index is 2060. The Morgan fingerprint density at radius 1 is 1.06 bits per heavy atom. The Morgan fingerprint density at radius 3 is 2.50 bits per heavy atom. The summed E-state index contributed by atoms with van der Waals surface area (Å²) in [5.74, 6) is -0.127. The van der Waals surface area contributed by atoms with Gasteiger partial charge in [0.2, 0.25) is 5.91 Å². The number of carbonyl (C=O) groups excluding carboxylic acids is 3. The largest absolute Gasteiger partial charge is 0.497 e. The third-order valence-corrected chi connectivity index (χ3v) is 16.4. The third kappa shape index (κ3) is 6.67. The van der Waals surface area contributed by atoms with E-state index >= 15 is 4.79 Å². The standard InChI is InChI=1S/C42H47ClN4O6Si/c1-26-39(54(3,4)34-17-15-33(52-2)16-18-34)37(23-38(49)46-20-6-9-32(46)25-48)53-42(26)35-22-29(43)12-19-36(35)47(41(42)51)24-27-7-5-8-31(21-27)45-40(50)28-10-13-30(44)14-11-28/h5,7-8,10-19,21-22,26,32,37,39,48H,6,9,20,23-25,44H2,1-4H3,(H,45,50)/t26-,32+,37+,39-,42+/m1/s1. The van der Waals surface area contributed by atoms with Gasteiger partial charge in [-0.2, -0.15) is 0 Å². The number of carbonyl (C=O) groups is 3. The Balaban J connectivity index is 1.24. The molecule has 3 aliphatic heterocycles. The zero-order chi connectivity index (χ0) is 38.4. The molecular formula is C42H47ClN4O6Si. The lowest BCUT2D eigenvalue weighted by Crippen LogP contribution is -2.52. The van der Waals surface area contributed by atoms with Crippen molar-refractivity contribution in [1.82, 2.24) is 4.90 Å². The van der Waals surface area contributed by atoms with Gasteiger partial charge in [-0.25, -0.2) is 0 Å². The molecule has 2 fully saturated rings. The summed E-state index contributed by atoms with van der Waals surface area (Å²) in [6, 6.07) is 27.5. The number of nitrogens with zero attached hydrogens (tertiary/aromatic N) is 2. The van der Waals surface area contributed by atoms with Crippen molar-refractivity contribution in [3.05, 3.63) is 113 Å². The molecule has 1 spiro atoms. The first-order valence-corrected chi connectivity index (χ1v) is 21.9. The van der Waals surface area contributed by atoms with Gasteiger partial charge in [-0.3, -0.25) is 14.4 Å². The maximum absolute atomic E-state index is 15.2. The predicted molar refractivity (Wildman–Crippen MR) is 214 cm³/mol. The molecular weight excluding hydrogens is 720 g/mol. The van der Waals surface area contributed by atoms with Crippen molar-refractivity contribution in [2.24, 2.45) is 5.92 Å². The number of hydrogen-bond acceptors (Lipinski definition) is 7. The number of nitrogens with two attached hydrogens (primary N) is 1. The van der Waals surface area contributed by atoms with E-state index in [4.69, 9.17) is 26.8 Å². The summed E-state index contributed by atoms with van der Waals surface area (Å²) in [6.45, 7) is 7.37. The van der Waals surface area contributed by atoms with Crippen LogP contribution in [0.1, 0.15) is 47.7 Å². The number of fused-ring (bicyclic) bond motifs is 2. The normalized spacial score (nSPS) is 23.6. The van der Waals surface area contributed by atoms with Crippen LogP contribution in [0.5, 0.6) is 5.75 Å². The molecule has 4 aromatic carbocycles. The van der Waals surface area contributed by atoms with E-state index in [1.807, 2.05) is 48.5 Å². The van der Waals surface area contributed by atoms with Gasteiger partial charge in [0.25, 0.3) is 11.8 Å². The van der Waals surface area contributed by atoms with Crippen molar-refractivity contribution >= 4 is 59.6 Å². The average Bonchev–Trinajstić information content (AvgIpc) is 3.82. The molecule has 0 radical (unpaired) electrons. The molecule has 3 amide bonds.